The number of carboxylic acids is 1. The summed E-state index contributed by atoms with van der Waals surface area (Å²) in [6, 6.07) is 8.99. The van der Waals surface area contributed by atoms with Gasteiger partial charge in [-0.2, -0.15) is 0 Å². The Morgan fingerprint density at radius 2 is 1.79 bits per heavy atom. The molecule has 0 fully saturated rings. The molecule has 5 heteroatoms. The van der Waals surface area contributed by atoms with Crippen molar-refractivity contribution in [2.45, 2.75) is 5.92 Å². The molecule has 0 bridgehead atoms. The largest absolute Gasteiger partial charge is 0.481 e. The van der Waals surface area contributed by atoms with Crippen molar-refractivity contribution in [2.75, 3.05) is 5.73 Å². The second-order valence-electron chi connectivity index (χ2n) is 4.11. The number of hydrogen-bond donors (Lipinski definition) is 2. The molecule has 0 aromatic heterocycles. The van der Waals surface area contributed by atoms with Crippen molar-refractivity contribution in [2.24, 2.45) is 0 Å². The molecule has 0 aliphatic rings. The van der Waals surface area contributed by atoms with Gasteiger partial charge in [0.1, 0.15) is 17.6 Å². The molecule has 2 rings (SSSR count). The second-order valence-corrected chi connectivity index (χ2v) is 4.11. The Morgan fingerprint density at radius 3 is 2.37 bits per heavy atom. The Hall–Kier alpha value is -2.43. The maximum Gasteiger partial charge on any atom is 0.315 e. The van der Waals surface area contributed by atoms with Gasteiger partial charge in [0.2, 0.25) is 0 Å². The topological polar surface area (TPSA) is 63.3 Å². The highest BCUT2D eigenvalue weighted by atomic mass is 19.1. The lowest BCUT2D eigenvalue weighted by atomic mass is 9.91. The number of halogens is 2. The van der Waals surface area contributed by atoms with E-state index in [0.29, 0.717) is 0 Å². The normalized spacial score (nSPS) is 12.1. The van der Waals surface area contributed by atoms with Crippen molar-refractivity contribution >= 4 is 11.7 Å². The highest BCUT2D eigenvalue weighted by Crippen LogP contribution is 2.27. The Labute approximate surface area is 108 Å². The number of carboxylic acid groups (broad SMARTS) is 1. The van der Waals surface area contributed by atoms with E-state index in [2.05, 4.69) is 0 Å². The molecule has 3 N–H and O–H groups in total. The van der Waals surface area contributed by atoms with Gasteiger partial charge in [0, 0.05) is 0 Å². The zero-order valence-corrected chi connectivity index (χ0v) is 9.81. The average Bonchev–Trinajstić information content (AvgIpc) is 2.33. The number of carbonyl (C=O) groups is 1. The van der Waals surface area contributed by atoms with Crippen LogP contribution in [0.1, 0.15) is 17.0 Å². The molecule has 19 heavy (non-hydrogen) atoms. The summed E-state index contributed by atoms with van der Waals surface area (Å²) >= 11 is 0. The number of benzene rings is 2. The van der Waals surface area contributed by atoms with Crippen LogP contribution in [-0.2, 0) is 4.79 Å². The van der Waals surface area contributed by atoms with E-state index in [-0.39, 0.29) is 16.8 Å². The van der Waals surface area contributed by atoms with E-state index in [1.54, 1.807) is 0 Å². The first-order valence-corrected chi connectivity index (χ1v) is 5.52. The highest BCUT2D eigenvalue weighted by Gasteiger charge is 2.23. The van der Waals surface area contributed by atoms with Crippen LogP contribution in [0, 0.1) is 11.6 Å². The van der Waals surface area contributed by atoms with E-state index in [1.807, 2.05) is 0 Å². The van der Waals surface area contributed by atoms with E-state index >= 15 is 0 Å². The van der Waals surface area contributed by atoms with Crippen LogP contribution in [-0.4, -0.2) is 11.1 Å². The summed E-state index contributed by atoms with van der Waals surface area (Å²) in [7, 11) is 0. The molecule has 1 unspecified atom stereocenters. The minimum atomic E-state index is -1.19. The van der Waals surface area contributed by atoms with Gasteiger partial charge in [0.15, 0.2) is 0 Å². The number of hydrogen-bond acceptors (Lipinski definition) is 2. The molecule has 0 aliphatic heterocycles. The van der Waals surface area contributed by atoms with Gasteiger partial charge < -0.3 is 10.8 Å². The maximum atomic E-state index is 13.4. The number of anilines is 1. The van der Waals surface area contributed by atoms with E-state index in [9.17, 15) is 18.7 Å². The molecule has 0 radical (unpaired) electrons. The first-order valence-electron chi connectivity index (χ1n) is 5.52. The van der Waals surface area contributed by atoms with Crippen LogP contribution in [0.2, 0.25) is 0 Å². The molecule has 98 valence electrons. The van der Waals surface area contributed by atoms with Gasteiger partial charge in [-0.3, -0.25) is 4.79 Å². The summed E-state index contributed by atoms with van der Waals surface area (Å²) in [6.45, 7) is 0. The molecule has 1 atom stereocenters. The summed E-state index contributed by atoms with van der Waals surface area (Å²) < 4.78 is 26.6. The molecule has 0 spiro atoms. The van der Waals surface area contributed by atoms with E-state index in [0.717, 1.165) is 12.1 Å². The van der Waals surface area contributed by atoms with Gasteiger partial charge in [0.05, 0.1) is 5.69 Å². The molecule has 0 heterocycles. The fourth-order valence-electron chi connectivity index (χ4n) is 1.89. The highest BCUT2D eigenvalue weighted by molar-refractivity contribution is 5.80. The van der Waals surface area contributed by atoms with E-state index in [1.165, 1.54) is 30.3 Å². The van der Waals surface area contributed by atoms with Gasteiger partial charge in [-0.15, -0.1) is 0 Å². The fraction of sp³-hybridized carbons (Fsp3) is 0.0714. The van der Waals surface area contributed by atoms with E-state index in [4.69, 9.17) is 5.73 Å². The summed E-state index contributed by atoms with van der Waals surface area (Å²) in [5.41, 5.74) is 5.74. The Kier molecular flexibility index (Phi) is 3.46. The monoisotopic (exact) mass is 263 g/mol. The molecule has 2 aromatic rings. The zero-order chi connectivity index (χ0) is 14.0. The fourth-order valence-corrected chi connectivity index (χ4v) is 1.89. The van der Waals surface area contributed by atoms with Crippen LogP contribution in [0.5, 0.6) is 0 Å². The van der Waals surface area contributed by atoms with E-state index < -0.39 is 23.5 Å². The number of nitrogens with two attached hydrogens (primary N) is 1. The van der Waals surface area contributed by atoms with Crippen molar-refractivity contribution in [3.8, 4) is 0 Å². The standard InChI is InChI=1S/C14H11F2NO2/c15-10-3-1-2-8(6-10)13(14(18)19)9-4-5-12(17)11(16)7-9/h1-7,13H,17H2,(H,18,19). The molecular weight excluding hydrogens is 252 g/mol. The lowest BCUT2D eigenvalue weighted by molar-refractivity contribution is -0.137. The van der Waals surface area contributed by atoms with Gasteiger partial charge >= 0.3 is 5.97 Å². The number of rotatable bonds is 3. The number of nitrogen functional groups attached to an aromatic ring is 1. The zero-order valence-electron chi connectivity index (χ0n) is 9.81. The molecule has 0 aliphatic carbocycles. The van der Waals surface area contributed by atoms with Crippen molar-refractivity contribution in [1.29, 1.82) is 0 Å². The first-order chi connectivity index (χ1) is 8.99. The summed E-state index contributed by atoms with van der Waals surface area (Å²) in [5, 5.41) is 9.26. The molecule has 0 saturated heterocycles. The van der Waals surface area contributed by atoms with Crippen LogP contribution in [0.4, 0.5) is 14.5 Å². The van der Waals surface area contributed by atoms with Gasteiger partial charge in [0.25, 0.3) is 0 Å². The minimum absolute atomic E-state index is 0.0628. The SMILES string of the molecule is Nc1ccc(C(C(=O)O)c2cccc(F)c2)cc1F. The van der Waals surface area contributed by atoms with Crippen LogP contribution in [0.25, 0.3) is 0 Å². The van der Waals surface area contributed by atoms with Crippen molar-refractivity contribution in [1.82, 2.24) is 0 Å². The predicted octanol–water partition coefficient (Wildman–Crippen LogP) is 2.76. The predicted molar refractivity (Wildman–Crippen MR) is 66.7 cm³/mol. The molecular formula is C14H11F2NO2. The molecule has 3 nitrogen and oxygen atoms in total. The molecule has 2 aromatic carbocycles. The van der Waals surface area contributed by atoms with Gasteiger partial charge in [-0.25, -0.2) is 8.78 Å². The summed E-state index contributed by atoms with van der Waals surface area (Å²) in [5.74, 6) is -3.56. The van der Waals surface area contributed by atoms with Gasteiger partial charge in [-0.1, -0.05) is 18.2 Å². The van der Waals surface area contributed by atoms with Crippen LogP contribution in [0.15, 0.2) is 42.5 Å². The maximum absolute atomic E-state index is 13.4. The third-order valence-corrected chi connectivity index (χ3v) is 2.79. The van der Waals surface area contributed by atoms with Gasteiger partial charge in [-0.05, 0) is 35.4 Å². The first kappa shape index (κ1) is 13.0. The average molecular weight is 263 g/mol. The Balaban J connectivity index is 2.51. The second kappa shape index (κ2) is 5.06. The van der Waals surface area contributed by atoms with Crippen molar-refractivity contribution in [3.05, 3.63) is 65.2 Å². The number of aliphatic carboxylic acids is 1. The lowest BCUT2D eigenvalue weighted by Crippen LogP contribution is -2.13. The molecule has 0 amide bonds. The minimum Gasteiger partial charge on any atom is -0.481 e. The Bertz CT molecular complexity index is 629. The third kappa shape index (κ3) is 2.70. The smallest absolute Gasteiger partial charge is 0.315 e. The summed E-state index contributed by atoms with van der Waals surface area (Å²) in [6.07, 6.45) is 0. The van der Waals surface area contributed by atoms with Crippen molar-refractivity contribution in [3.63, 3.8) is 0 Å². The van der Waals surface area contributed by atoms with Crippen LogP contribution in [0.3, 0.4) is 0 Å². The molecule has 0 saturated carbocycles. The summed E-state index contributed by atoms with van der Waals surface area (Å²) in [4.78, 5) is 11.3. The van der Waals surface area contributed by atoms with Crippen LogP contribution < -0.4 is 5.73 Å². The van der Waals surface area contributed by atoms with Crippen molar-refractivity contribution < 1.29 is 18.7 Å². The Morgan fingerprint density at radius 1 is 1.11 bits per heavy atom. The van der Waals surface area contributed by atoms with Crippen LogP contribution >= 0.6 is 0 Å². The quantitative estimate of drug-likeness (QED) is 0.837. The lowest BCUT2D eigenvalue weighted by Gasteiger charge is -2.14. The third-order valence-electron chi connectivity index (χ3n) is 2.79.